The van der Waals surface area contributed by atoms with Gasteiger partial charge in [-0.3, -0.25) is 24.0 Å². The van der Waals surface area contributed by atoms with Crippen LogP contribution in [0.5, 0.6) is 28.7 Å². The number of benzene rings is 5. The molecule has 117 heavy (non-hydrogen) atoms. The number of hydrogen-bond acceptors (Lipinski definition) is 20. The molecule has 0 amide bonds. The van der Waals surface area contributed by atoms with Crippen molar-refractivity contribution in [2.45, 2.75) is 225 Å². The first kappa shape index (κ1) is 99.5. The molecule has 5 aromatic carbocycles. The minimum absolute atomic E-state index is 0.0357. The molecule has 0 radical (unpaired) electrons. The first-order chi connectivity index (χ1) is 56.4. The van der Waals surface area contributed by atoms with Crippen LogP contribution < -0.4 is 76.9 Å². The zero-order chi connectivity index (χ0) is 85.4. The smallest absolute Gasteiger partial charge is 0.320 e. The van der Waals surface area contributed by atoms with E-state index in [-0.39, 0.29) is 48.0 Å². The third-order valence-corrected chi connectivity index (χ3v) is 21.1. The molecule has 15 N–H and O–H groups in total. The van der Waals surface area contributed by atoms with E-state index in [1.54, 1.807) is 6.07 Å². The molecule has 10 atom stereocenters. The van der Waals surface area contributed by atoms with Gasteiger partial charge < -0.3 is 102 Å². The number of carboxylic acids is 5. The lowest BCUT2D eigenvalue weighted by Crippen LogP contribution is -2.45. The van der Waals surface area contributed by atoms with Crippen molar-refractivity contribution in [1.29, 1.82) is 0 Å². The molecule has 0 spiro atoms. The molecule has 654 valence electrons. The Hall–Kier alpha value is -8.02. The van der Waals surface area contributed by atoms with Crippen LogP contribution in [0.4, 0.5) is 4.39 Å². The number of ether oxygens (including phenoxy) is 5. The fraction of sp³-hybridized carbons (Fsp3) is 0.615. The number of fused-ring (bicyclic) bond motifs is 1. The molecule has 3 aliphatic carbocycles. The second-order valence-corrected chi connectivity index (χ2v) is 31.7. The molecule has 0 saturated heterocycles. The van der Waals surface area contributed by atoms with Gasteiger partial charge in [-0.05, 0) is 292 Å². The van der Waals surface area contributed by atoms with E-state index in [9.17, 15) is 48.8 Å². The van der Waals surface area contributed by atoms with Gasteiger partial charge in [0.2, 0.25) is 0 Å². The van der Waals surface area contributed by atoms with Gasteiger partial charge in [0, 0.05) is 38.8 Å². The summed E-state index contributed by atoms with van der Waals surface area (Å²) in [4.78, 5) is 56.3. The second-order valence-electron chi connectivity index (χ2n) is 31.7. The van der Waals surface area contributed by atoms with E-state index in [0.717, 1.165) is 183 Å². The average Bonchev–Trinajstić information content (AvgIpc) is 1.00. The summed E-state index contributed by atoms with van der Waals surface area (Å²) in [5, 5.41) is 77.5. The molecule has 4 aliphatic rings. The molecule has 5 aromatic rings. The van der Waals surface area contributed by atoms with Crippen LogP contribution >= 0.6 is 0 Å². The monoisotopic (exact) mass is 1640 g/mol. The lowest BCUT2D eigenvalue weighted by Gasteiger charge is -2.29. The molecule has 2 unspecified atom stereocenters. The Labute approximate surface area is 696 Å². The Morgan fingerprint density at radius 3 is 1.24 bits per heavy atom. The van der Waals surface area contributed by atoms with Crippen LogP contribution in [0.1, 0.15) is 165 Å². The zero-order valence-electron chi connectivity index (χ0n) is 71.9. The summed E-state index contributed by atoms with van der Waals surface area (Å²) in [5.74, 6) is 0.932. The first-order valence-corrected chi connectivity index (χ1v) is 42.8. The third kappa shape index (κ3) is 39.2. The number of nitrogens with one attached hydrogen (secondary N) is 10. The van der Waals surface area contributed by atoms with Crippen molar-refractivity contribution >= 4 is 29.8 Å². The minimum atomic E-state index is -0.820. The van der Waals surface area contributed by atoms with E-state index in [1.807, 2.05) is 138 Å². The van der Waals surface area contributed by atoms with Gasteiger partial charge in [-0.1, -0.05) is 113 Å². The predicted molar refractivity (Wildman–Crippen MR) is 462 cm³/mol. The molecule has 26 heteroatoms. The van der Waals surface area contributed by atoms with Crippen LogP contribution in [-0.2, 0) is 62.5 Å². The Morgan fingerprint density at radius 2 is 0.812 bits per heavy atom. The largest absolute Gasteiger partial charge is 0.492 e. The van der Waals surface area contributed by atoms with Gasteiger partial charge in [0.05, 0.1) is 0 Å². The first-order valence-electron chi connectivity index (χ1n) is 42.8. The SMILES string of the molecule is CCC(C)[C@H](NC[C@@H](C)Oc1ccccc1CCCNC)C(=O)O.CNCCCc1ccc(F)cc1O[C@H](C)CN[C@H](C(=O)O)C1CC1.CNCCCc1cccc2c1OC(CN[C@H](C(=O)O)C1CC1)CC2.CNCCCc1ccccc1OCCN[C@H](C(=O)O)C1CC1.CNCCCc1ccccc1O[C@H](C)CN[C@H](C(=O)O)C(C)C. The Morgan fingerprint density at radius 1 is 0.427 bits per heavy atom. The molecule has 0 bridgehead atoms. The number of rotatable bonds is 54. The summed E-state index contributed by atoms with van der Waals surface area (Å²) in [6.07, 6.45) is 18.3. The van der Waals surface area contributed by atoms with E-state index >= 15 is 0 Å². The van der Waals surface area contributed by atoms with Crippen LogP contribution in [0.3, 0.4) is 0 Å². The lowest BCUT2D eigenvalue weighted by molar-refractivity contribution is -0.141. The molecule has 3 saturated carbocycles. The summed E-state index contributed by atoms with van der Waals surface area (Å²) in [6, 6.07) is 32.7. The van der Waals surface area contributed by atoms with Crippen LogP contribution in [-0.4, -0.2) is 217 Å². The normalized spacial score (nSPS) is 16.4. The molecule has 0 aromatic heterocycles. The molecule has 25 nitrogen and oxygen atoms in total. The van der Waals surface area contributed by atoms with Crippen LogP contribution in [0.2, 0.25) is 0 Å². The number of aryl methyl sites for hydroxylation is 6. The van der Waals surface area contributed by atoms with Crippen molar-refractivity contribution in [1.82, 2.24) is 53.2 Å². The van der Waals surface area contributed by atoms with E-state index in [0.29, 0.717) is 56.9 Å². The van der Waals surface area contributed by atoms with Crippen molar-refractivity contribution in [2.75, 3.05) is 107 Å². The third-order valence-electron chi connectivity index (χ3n) is 21.1. The van der Waals surface area contributed by atoms with Gasteiger partial charge in [-0.15, -0.1) is 0 Å². The highest BCUT2D eigenvalue weighted by Gasteiger charge is 2.39. The summed E-state index contributed by atoms with van der Waals surface area (Å²) >= 11 is 0. The van der Waals surface area contributed by atoms with Gasteiger partial charge in [-0.2, -0.15) is 0 Å². The Bertz CT molecular complexity index is 3640. The van der Waals surface area contributed by atoms with E-state index in [4.69, 9.17) is 28.8 Å². The second kappa shape index (κ2) is 56.4. The van der Waals surface area contributed by atoms with Crippen LogP contribution in [0.15, 0.2) is 109 Å². The molecule has 1 aliphatic heterocycles. The number of carbonyl (C=O) groups is 5. The standard InChI is InChI=1S/C19H28N2O3.C19H32N2O3.C18H27FN2O3.C18H30N2O3.C17H26N2O3/c1-20-11-3-6-14-4-2-5-15-9-10-16(24-18(14)15)12-21-17(19(22)23)13-7-8-13;1-5-14(2)18(19(22)23)21-13-15(3)24-17-11-7-6-9-16(17)10-8-12-20-4;1-12(11-21-17(18(22)23)14-5-6-14)24-16-10-15(19)8-7-13(16)4-3-9-20-2;1-13(2)17(18(21)22)20-12-14(3)23-16-10-6-5-8-15(16)9-7-11-19-4;1-18-10-4-6-13-5-2-3-7-15(13)22-12-11-19-16(17(20)21)14-8-9-14/h2,4-5,13,16-17,20-21H,3,6-12H2,1H3,(H,22,23);6-7,9,11,14-15,18,20-21H,5,8,10,12-13H2,1-4H3,(H,22,23);7-8,10,12,14,17,20-21H,3-6,9,11H2,1-2H3,(H,22,23);5-6,8,10,13-14,17,19-20H,7,9,11-12H2,1-4H3,(H,21,22);2-3,5,7,14,16,18-19H,4,6,8-12H2,1H3,(H,20,21)/t16?,17-;14?,15-,18+;12-,17+;14-,17+;16-/m01110/s1. The molecular formula is C91H143FN10O15. The maximum Gasteiger partial charge on any atom is 0.320 e. The van der Waals surface area contributed by atoms with Crippen molar-refractivity contribution in [3.05, 3.63) is 148 Å². The maximum atomic E-state index is 13.5. The Balaban J connectivity index is 0.000000261. The van der Waals surface area contributed by atoms with Crippen molar-refractivity contribution in [3.63, 3.8) is 0 Å². The van der Waals surface area contributed by atoms with Gasteiger partial charge in [0.15, 0.2) is 0 Å². The number of hydrogen-bond donors (Lipinski definition) is 15. The number of para-hydroxylation sites is 4. The number of halogens is 1. The van der Waals surface area contributed by atoms with Crippen LogP contribution in [0, 0.1) is 35.4 Å². The van der Waals surface area contributed by atoms with Gasteiger partial charge in [0.25, 0.3) is 0 Å². The van der Waals surface area contributed by atoms with E-state index < -0.39 is 60.1 Å². The van der Waals surface area contributed by atoms with Gasteiger partial charge in [0.1, 0.15) is 95.8 Å². The number of aliphatic carboxylic acids is 5. The Kier molecular flexibility index (Phi) is 48.0. The van der Waals surface area contributed by atoms with E-state index in [1.165, 1.54) is 39.9 Å². The molecule has 1 heterocycles. The topological polar surface area (TPSA) is 353 Å². The average molecular weight is 1640 g/mol. The van der Waals surface area contributed by atoms with Crippen molar-refractivity contribution in [2.24, 2.45) is 29.6 Å². The van der Waals surface area contributed by atoms with Gasteiger partial charge >= 0.3 is 29.8 Å². The van der Waals surface area contributed by atoms with Crippen LogP contribution in [0.25, 0.3) is 0 Å². The summed E-state index contributed by atoms with van der Waals surface area (Å²) in [7, 11) is 9.72. The van der Waals surface area contributed by atoms with Gasteiger partial charge in [-0.25, -0.2) is 4.39 Å². The quantitative estimate of drug-likeness (QED) is 0.0161. The highest BCUT2D eigenvalue weighted by atomic mass is 19.1. The molecular weight excluding hydrogens is 1490 g/mol. The minimum Gasteiger partial charge on any atom is -0.492 e. The summed E-state index contributed by atoms with van der Waals surface area (Å²) in [6.45, 7) is 21.4. The molecule has 9 rings (SSSR count). The van der Waals surface area contributed by atoms with Crippen molar-refractivity contribution in [3.8, 4) is 28.7 Å². The van der Waals surface area contributed by atoms with Crippen molar-refractivity contribution < 1.29 is 77.6 Å². The predicted octanol–water partition coefficient (Wildman–Crippen LogP) is 10.9. The fourth-order valence-corrected chi connectivity index (χ4v) is 13.8. The zero-order valence-corrected chi connectivity index (χ0v) is 71.9. The maximum absolute atomic E-state index is 13.5. The fourth-order valence-electron chi connectivity index (χ4n) is 13.8. The molecule has 3 fully saturated rings. The van der Waals surface area contributed by atoms with E-state index in [2.05, 4.69) is 89.6 Å². The highest BCUT2D eigenvalue weighted by Crippen LogP contribution is 2.36. The summed E-state index contributed by atoms with van der Waals surface area (Å²) < 4.78 is 43.5. The highest BCUT2D eigenvalue weighted by molar-refractivity contribution is 5.76. The lowest BCUT2D eigenvalue weighted by atomic mass is 9.97. The summed E-state index contributed by atoms with van der Waals surface area (Å²) in [5.41, 5.74) is 7.10. The number of carboxylic acid groups (broad SMARTS) is 5.